The van der Waals surface area contributed by atoms with Gasteiger partial charge in [0.1, 0.15) is 5.75 Å². The van der Waals surface area contributed by atoms with Gasteiger partial charge in [-0.1, -0.05) is 0 Å². The molecule has 0 radical (unpaired) electrons. The number of nitrogens with one attached hydrogen (secondary N) is 1. The molecule has 1 aliphatic heterocycles. The summed E-state index contributed by atoms with van der Waals surface area (Å²) in [5, 5.41) is 11.7. The number of amides is 1. The van der Waals surface area contributed by atoms with Crippen molar-refractivity contribution in [3.8, 4) is 5.75 Å². The molecule has 4 nitrogen and oxygen atoms in total. The summed E-state index contributed by atoms with van der Waals surface area (Å²) in [6.07, 6.45) is 2.11. The lowest BCUT2D eigenvalue weighted by Crippen LogP contribution is -2.30. The van der Waals surface area contributed by atoms with Crippen molar-refractivity contribution in [2.45, 2.75) is 19.3 Å². The molecule has 1 aliphatic rings. The third-order valence-corrected chi connectivity index (χ3v) is 3.12. The molecular formula is C13H17NO3. The number of rotatable bonds is 4. The van der Waals surface area contributed by atoms with Gasteiger partial charge in [0.25, 0.3) is 0 Å². The maximum atomic E-state index is 11.8. The molecule has 1 aromatic rings. The minimum atomic E-state index is -0.0400. The lowest BCUT2D eigenvalue weighted by molar-refractivity contribution is -0.120. The molecule has 92 valence electrons. The second kappa shape index (κ2) is 5.19. The first-order valence-corrected chi connectivity index (χ1v) is 5.83. The van der Waals surface area contributed by atoms with Gasteiger partial charge >= 0.3 is 0 Å². The Morgan fingerprint density at radius 3 is 3.06 bits per heavy atom. The molecule has 2 N–H and O–H groups in total. The summed E-state index contributed by atoms with van der Waals surface area (Å²) in [6, 6.07) is 5.67. The summed E-state index contributed by atoms with van der Waals surface area (Å²) in [7, 11) is 1.63. The Labute approximate surface area is 101 Å². The second-order valence-corrected chi connectivity index (χ2v) is 4.28. The van der Waals surface area contributed by atoms with Crippen LogP contribution >= 0.6 is 0 Å². The van der Waals surface area contributed by atoms with Gasteiger partial charge in [0.05, 0.1) is 7.11 Å². The third-order valence-electron chi connectivity index (χ3n) is 3.12. The lowest BCUT2D eigenvalue weighted by atomic mass is 9.90. The third kappa shape index (κ3) is 2.58. The van der Waals surface area contributed by atoms with Crippen molar-refractivity contribution in [1.29, 1.82) is 0 Å². The predicted molar refractivity (Wildman–Crippen MR) is 65.1 cm³/mol. The molecule has 0 bridgehead atoms. The number of carbonyl (C=O) groups is 1. The minimum absolute atomic E-state index is 0.0400. The predicted octanol–water partition coefficient (Wildman–Crippen LogP) is 1.58. The number of hydrogen-bond acceptors (Lipinski definition) is 3. The molecule has 0 fully saturated rings. The Morgan fingerprint density at radius 2 is 2.35 bits per heavy atom. The van der Waals surface area contributed by atoms with Crippen LogP contribution in [-0.4, -0.2) is 24.7 Å². The molecule has 4 heteroatoms. The van der Waals surface area contributed by atoms with Crippen molar-refractivity contribution in [2.75, 3.05) is 19.0 Å². The Bertz CT molecular complexity index is 417. The molecule has 0 unspecified atom stereocenters. The summed E-state index contributed by atoms with van der Waals surface area (Å²) >= 11 is 0. The summed E-state index contributed by atoms with van der Waals surface area (Å²) in [5.41, 5.74) is 1.97. The Kier molecular flexibility index (Phi) is 3.64. The van der Waals surface area contributed by atoms with Gasteiger partial charge in [0.2, 0.25) is 5.91 Å². The summed E-state index contributed by atoms with van der Waals surface area (Å²) < 4.78 is 5.17. The van der Waals surface area contributed by atoms with Crippen molar-refractivity contribution in [3.05, 3.63) is 23.8 Å². The number of aliphatic hydroxyl groups is 1. The largest absolute Gasteiger partial charge is 0.497 e. The van der Waals surface area contributed by atoms with E-state index in [0.29, 0.717) is 6.42 Å². The van der Waals surface area contributed by atoms with E-state index in [4.69, 9.17) is 9.84 Å². The highest BCUT2D eigenvalue weighted by Crippen LogP contribution is 2.30. The highest BCUT2D eigenvalue weighted by Gasteiger charge is 2.25. The van der Waals surface area contributed by atoms with Crippen molar-refractivity contribution < 1.29 is 14.6 Å². The number of benzene rings is 1. The van der Waals surface area contributed by atoms with Crippen LogP contribution in [0.2, 0.25) is 0 Å². The molecule has 1 amide bonds. The van der Waals surface area contributed by atoms with E-state index in [1.54, 1.807) is 7.11 Å². The zero-order valence-electron chi connectivity index (χ0n) is 9.90. The fraction of sp³-hybridized carbons (Fsp3) is 0.462. The molecule has 0 aromatic heterocycles. The van der Waals surface area contributed by atoms with Gasteiger partial charge in [-0.2, -0.15) is 0 Å². The molecular weight excluding hydrogens is 218 g/mol. The van der Waals surface area contributed by atoms with Crippen molar-refractivity contribution in [3.63, 3.8) is 0 Å². The standard InChI is InChI=1S/C13H17NO3/c1-17-11-4-5-12-10(8-11)7-9(3-2-6-15)13(16)14-12/h4-5,8-9,15H,2-3,6-7H2,1H3,(H,14,16)/t9-/m0/s1. The normalized spacial score (nSPS) is 18.5. The first kappa shape index (κ1) is 11.9. The van der Waals surface area contributed by atoms with Crippen LogP contribution in [-0.2, 0) is 11.2 Å². The Hall–Kier alpha value is -1.55. The molecule has 0 saturated heterocycles. The van der Waals surface area contributed by atoms with Gasteiger partial charge < -0.3 is 15.2 Å². The lowest BCUT2D eigenvalue weighted by Gasteiger charge is -2.24. The number of anilines is 1. The highest BCUT2D eigenvalue weighted by atomic mass is 16.5. The van der Waals surface area contributed by atoms with Gasteiger partial charge in [-0.3, -0.25) is 4.79 Å². The molecule has 17 heavy (non-hydrogen) atoms. The number of carbonyl (C=O) groups excluding carboxylic acids is 1. The number of ether oxygens (including phenoxy) is 1. The first-order chi connectivity index (χ1) is 8.24. The van der Waals surface area contributed by atoms with Crippen LogP contribution in [0.3, 0.4) is 0 Å². The maximum Gasteiger partial charge on any atom is 0.227 e. The molecule has 1 atom stereocenters. The smallest absolute Gasteiger partial charge is 0.227 e. The van der Waals surface area contributed by atoms with Gasteiger partial charge in [0, 0.05) is 18.2 Å². The van der Waals surface area contributed by atoms with Crippen LogP contribution < -0.4 is 10.1 Å². The molecule has 2 rings (SSSR count). The number of fused-ring (bicyclic) bond motifs is 1. The number of hydrogen-bond donors (Lipinski definition) is 2. The van der Waals surface area contributed by atoms with Crippen LogP contribution in [0.4, 0.5) is 5.69 Å². The van der Waals surface area contributed by atoms with Gasteiger partial charge in [-0.05, 0) is 43.0 Å². The fourth-order valence-electron chi connectivity index (χ4n) is 2.15. The molecule has 0 saturated carbocycles. The number of methoxy groups -OCH3 is 1. The van der Waals surface area contributed by atoms with Crippen molar-refractivity contribution >= 4 is 11.6 Å². The average molecular weight is 235 g/mol. The van der Waals surface area contributed by atoms with Crippen LogP contribution in [0.25, 0.3) is 0 Å². The molecule has 0 aliphatic carbocycles. The van der Waals surface area contributed by atoms with E-state index in [1.807, 2.05) is 18.2 Å². The average Bonchev–Trinajstić information content (AvgIpc) is 2.35. The number of aliphatic hydroxyl groups excluding tert-OH is 1. The van der Waals surface area contributed by atoms with Crippen LogP contribution in [0.5, 0.6) is 5.75 Å². The van der Waals surface area contributed by atoms with E-state index in [2.05, 4.69) is 5.32 Å². The van der Waals surface area contributed by atoms with E-state index in [9.17, 15) is 4.79 Å². The minimum Gasteiger partial charge on any atom is -0.497 e. The molecule has 1 aromatic carbocycles. The van der Waals surface area contributed by atoms with Crippen LogP contribution in [0.15, 0.2) is 18.2 Å². The molecule has 1 heterocycles. The fourth-order valence-corrected chi connectivity index (χ4v) is 2.15. The van der Waals surface area contributed by atoms with E-state index in [0.717, 1.165) is 29.8 Å². The summed E-state index contributed by atoms with van der Waals surface area (Å²) in [5.74, 6) is 0.818. The van der Waals surface area contributed by atoms with Crippen LogP contribution in [0, 0.1) is 5.92 Å². The SMILES string of the molecule is COc1ccc2c(c1)C[C@H](CCCO)C(=O)N2. The quantitative estimate of drug-likeness (QED) is 0.833. The summed E-state index contributed by atoms with van der Waals surface area (Å²) in [6.45, 7) is 0.134. The monoisotopic (exact) mass is 235 g/mol. The topological polar surface area (TPSA) is 58.6 Å². The van der Waals surface area contributed by atoms with Gasteiger partial charge in [-0.25, -0.2) is 0 Å². The van der Waals surface area contributed by atoms with Gasteiger partial charge in [0.15, 0.2) is 0 Å². The zero-order valence-corrected chi connectivity index (χ0v) is 9.90. The summed E-state index contributed by atoms with van der Waals surface area (Å²) in [4.78, 5) is 11.8. The highest BCUT2D eigenvalue weighted by molar-refractivity contribution is 5.95. The molecule has 0 spiro atoms. The zero-order chi connectivity index (χ0) is 12.3. The van der Waals surface area contributed by atoms with Crippen molar-refractivity contribution in [1.82, 2.24) is 0 Å². The van der Waals surface area contributed by atoms with E-state index < -0.39 is 0 Å². The maximum absolute atomic E-state index is 11.8. The Morgan fingerprint density at radius 1 is 1.53 bits per heavy atom. The van der Waals surface area contributed by atoms with Crippen LogP contribution in [0.1, 0.15) is 18.4 Å². The van der Waals surface area contributed by atoms with E-state index in [1.165, 1.54) is 0 Å². The van der Waals surface area contributed by atoms with E-state index in [-0.39, 0.29) is 18.4 Å². The van der Waals surface area contributed by atoms with E-state index >= 15 is 0 Å². The van der Waals surface area contributed by atoms with Gasteiger partial charge in [-0.15, -0.1) is 0 Å². The second-order valence-electron chi connectivity index (χ2n) is 4.28. The first-order valence-electron chi connectivity index (χ1n) is 5.83. The Balaban J connectivity index is 2.16. The van der Waals surface area contributed by atoms with Crippen molar-refractivity contribution in [2.24, 2.45) is 5.92 Å².